The molecule has 0 fully saturated rings. The van der Waals surface area contributed by atoms with Gasteiger partial charge in [0.15, 0.2) is 0 Å². The van der Waals surface area contributed by atoms with Gasteiger partial charge in [-0.1, -0.05) is 18.2 Å². The van der Waals surface area contributed by atoms with Crippen LogP contribution in [-0.4, -0.2) is 5.24 Å². The van der Waals surface area contributed by atoms with Crippen molar-refractivity contribution in [2.45, 2.75) is 19.0 Å². The lowest BCUT2D eigenvalue weighted by atomic mass is 9.92. The highest BCUT2D eigenvalue weighted by molar-refractivity contribution is 6.67. The van der Waals surface area contributed by atoms with Crippen LogP contribution in [0.4, 0.5) is 26.3 Å². The van der Waals surface area contributed by atoms with E-state index in [2.05, 4.69) is 4.29 Å². The van der Waals surface area contributed by atoms with E-state index in [4.69, 9.17) is 23.5 Å². The van der Waals surface area contributed by atoms with Crippen molar-refractivity contribution in [3.8, 4) is 11.1 Å². The Morgan fingerprint density at radius 2 is 1.38 bits per heavy atom. The first-order chi connectivity index (χ1) is 11.9. The first-order valence-corrected chi connectivity index (χ1v) is 7.49. The molecule has 0 aliphatic rings. The number of carbonyl (C=O) groups excluding carboxylic acids is 1. The molecule has 140 valence electrons. The van der Waals surface area contributed by atoms with Crippen molar-refractivity contribution in [3.05, 3.63) is 58.7 Å². The Balaban J connectivity index is 2.77. The molecule has 2 nitrogen and oxygen atoms in total. The molecular formula is C16H8Cl2F6O2. The van der Waals surface area contributed by atoms with Crippen molar-refractivity contribution in [3.63, 3.8) is 0 Å². The normalized spacial score (nSPS) is 12.3. The second-order valence-corrected chi connectivity index (χ2v) is 5.72. The van der Waals surface area contributed by atoms with Crippen LogP contribution >= 0.6 is 23.5 Å². The van der Waals surface area contributed by atoms with Gasteiger partial charge in [0.05, 0.1) is 29.6 Å². The maximum Gasteiger partial charge on any atom is 0.417 e. The number of benzene rings is 2. The third-order valence-electron chi connectivity index (χ3n) is 3.45. The number of halogens is 8. The Morgan fingerprint density at radius 1 is 0.885 bits per heavy atom. The molecule has 0 aliphatic carbocycles. The molecular weight excluding hydrogens is 409 g/mol. The van der Waals surface area contributed by atoms with Gasteiger partial charge < -0.3 is 0 Å². The Kier molecular flexibility index (Phi) is 5.89. The van der Waals surface area contributed by atoms with Crippen LogP contribution < -0.4 is 0 Å². The molecule has 0 spiro atoms. The van der Waals surface area contributed by atoms with E-state index in [0.29, 0.717) is 12.1 Å². The molecule has 0 radical (unpaired) electrons. The second-order valence-electron chi connectivity index (χ2n) is 5.16. The number of hydrogen-bond acceptors (Lipinski definition) is 2. The van der Waals surface area contributed by atoms with Gasteiger partial charge in [0, 0.05) is 5.56 Å². The van der Waals surface area contributed by atoms with Crippen LogP contribution in [-0.2, 0) is 23.2 Å². The lowest BCUT2D eigenvalue weighted by Crippen LogP contribution is -2.12. The Bertz CT molecular complexity index is 830. The Morgan fingerprint density at radius 3 is 1.85 bits per heavy atom. The summed E-state index contributed by atoms with van der Waals surface area (Å²) in [5.41, 5.74) is -4.59. The lowest BCUT2D eigenvalue weighted by molar-refractivity contribution is -0.139. The summed E-state index contributed by atoms with van der Waals surface area (Å²) in [6.45, 7) is -0.364. The van der Waals surface area contributed by atoms with Crippen LogP contribution in [0.25, 0.3) is 11.1 Å². The van der Waals surface area contributed by atoms with E-state index in [1.54, 1.807) is 0 Å². The summed E-state index contributed by atoms with van der Waals surface area (Å²) in [6, 6.07) is 4.82. The number of rotatable bonds is 4. The summed E-state index contributed by atoms with van der Waals surface area (Å²) >= 11 is 10.2. The molecule has 26 heavy (non-hydrogen) atoms. The quantitative estimate of drug-likeness (QED) is 0.423. The van der Waals surface area contributed by atoms with Gasteiger partial charge in [0.1, 0.15) is 0 Å². The highest BCUT2D eigenvalue weighted by Crippen LogP contribution is 2.43. The number of alkyl halides is 6. The van der Waals surface area contributed by atoms with Crippen molar-refractivity contribution >= 4 is 28.7 Å². The summed E-state index contributed by atoms with van der Waals surface area (Å²) in [5, 5.41) is -1.16. The van der Waals surface area contributed by atoms with Gasteiger partial charge in [-0.15, -0.1) is 0 Å². The maximum absolute atomic E-state index is 13.4. The predicted molar refractivity (Wildman–Crippen MR) is 82.7 cm³/mol. The van der Waals surface area contributed by atoms with E-state index in [1.807, 2.05) is 0 Å². The van der Waals surface area contributed by atoms with Gasteiger partial charge in [-0.05, 0) is 46.5 Å². The number of hydrogen-bond donors (Lipinski definition) is 0. The largest absolute Gasteiger partial charge is 0.417 e. The van der Waals surface area contributed by atoms with E-state index in [9.17, 15) is 31.1 Å². The van der Waals surface area contributed by atoms with Crippen LogP contribution in [0, 0.1) is 0 Å². The van der Waals surface area contributed by atoms with Crippen LogP contribution in [0.5, 0.6) is 0 Å². The molecule has 2 rings (SSSR count). The molecule has 0 unspecified atom stereocenters. The fourth-order valence-corrected chi connectivity index (χ4v) is 2.59. The van der Waals surface area contributed by atoms with Gasteiger partial charge in [-0.2, -0.15) is 26.3 Å². The molecule has 0 saturated heterocycles. The second kappa shape index (κ2) is 7.46. The summed E-state index contributed by atoms with van der Waals surface area (Å²) in [7, 11) is 0. The van der Waals surface area contributed by atoms with Crippen molar-refractivity contribution in [2.24, 2.45) is 0 Å². The average molecular weight is 417 g/mol. The van der Waals surface area contributed by atoms with E-state index >= 15 is 0 Å². The highest BCUT2D eigenvalue weighted by atomic mass is 35.5. The highest BCUT2D eigenvalue weighted by Gasteiger charge is 2.38. The first-order valence-electron chi connectivity index (χ1n) is 6.80. The van der Waals surface area contributed by atoms with Crippen LogP contribution in [0.2, 0.25) is 0 Å². The standard InChI is InChI=1S/C16H8Cl2F6O2/c17-14(25)9-2-4-11(13(6-9)16(22,23)24)10-3-1-8(7-26-18)5-12(10)15(19,20)21/h1-6H,7H2. The Labute approximate surface area is 153 Å². The summed E-state index contributed by atoms with van der Waals surface area (Å²) < 4.78 is 84.3. The number of carbonyl (C=O) groups is 1. The van der Waals surface area contributed by atoms with Crippen molar-refractivity contribution < 1.29 is 35.4 Å². The average Bonchev–Trinajstić information content (AvgIpc) is 2.53. The molecule has 0 aliphatic heterocycles. The minimum absolute atomic E-state index is 0.0252. The molecule has 0 saturated carbocycles. The van der Waals surface area contributed by atoms with Crippen molar-refractivity contribution in [2.75, 3.05) is 0 Å². The molecule has 10 heteroatoms. The zero-order chi connectivity index (χ0) is 19.7. The van der Waals surface area contributed by atoms with E-state index in [0.717, 1.165) is 24.3 Å². The molecule has 0 N–H and O–H groups in total. The van der Waals surface area contributed by atoms with Crippen molar-refractivity contribution in [1.82, 2.24) is 0 Å². The van der Waals surface area contributed by atoms with Gasteiger partial charge in [0.2, 0.25) is 0 Å². The zero-order valence-corrected chi connectivity index (χ0v) is 14.0. The third-order valence-corrected chi connectivity index (χ3v) is 3.78. The maximum atomic E-state index is 13.4. The minimum Gasteiger partial charge on any atom is -0.276 e. The summed E-state index contributed by atoms with van der Waals surface area (Å²) in [6.07, 6.45) is -9.93. The van der Waals surface area contributed by atoms with Crippen LogP contribution in [0.3, 0.4) is 0 Å². The van der Waals surface area contributed by atoms with Gasteiger partial charge in [-0.3, -0.25) is 9.08 Å². The fourth-order valence-electron chi connectivity index (χ4n) is 2.35. The van der Waals surface area contributed by atoms with Gasteiger partial charge in [-0.25, -0.2) is 0 Å². The van der Waals surface area contributed by atoms with Crippen molar-refractivity contribution in [1.29, 1.82) is 0 Å². The molecule has 0 bridgehead atoms. The molecule has 0 aromatic heterocycles. The molecule has 2 aromatic rings. The predicted octanol–water partition coefficient (Wildman–Crippen LogP) is 6.44. The van der Waals surface area contributed by atoms with Gasteiger partial charge >= 0.3 is 12.4 Å². The SMILES string of the molecule is O=C(Cl)c1ccc(-c2ccc(COCl)cc2C(F)(F)F)c(C(F)(F)F)c1. The van der Waals surface area contributed by atoms with Gasteiger partial charge in [0.25, 0.3) is 5.24 Å². The molecule has 0 heterocycles. The molecule has 0 atom stereocenters. The van der Waals surface area contributed by atoms with E-state index < -0.39 is 45.4 Å². The topological polar surface area (TPSA) is 26.3 Å². The Hall–Kier alpha value is -1.77. The zero-order valence-electron chi connectivity index (χ0n) is 12.5. The van der Waals surface area contributed by atoms with E-state index in [1.165, 1.54) is 0 Å². The summed E-state index contributed by atoms with van der Waals surface area (Å²) in [4.78, 5) is 11.1. The monoisotopic (exact) mass is 416 g/mol. The van der Waals surface area contributed by atoms with E-state index in [-0.39, 0.29) is 12.2 Å². The molecule has 2 aromatic carbocycles. The smallest absolute Gasteiger partial charge is 0.276 e. The first kappa shape index (κ1) is 20.5. The molecule has 0 amide bonds. The lowest BCUT2D eigenvalue weighted by Gasteiger charge is -2.19. The summed E-state index contributed by atoms with van der Waals surface area (Å²) in [5.74, 6) is 0. The van der Waals surface area contributed by atoms with Crippen LogP contribution in [0.1, 0.15) is 27.0 Å². The third kappa shape index (κ3) is 4.49. The van der Waals surface area contributed by atoms with Crippen LogP contribution in [0.15, 0.2) is 36.4 Å². The fraction of sp³-hybridized carbons (Fsp3) is 0.188. The minimum atomic E-state index is -5.00.